The van der Waals surface area contributed by atoms with Crippen LogP contribution in [0.4, 0.5) is 41.4 Å². The molecular formula is C70H85N21O6. The Kier molecular flexibility index (Phi) is 19.0. The van der Waals surface area contributed by atoms with Gasteiger partial charge in [-0.05, 0) is 55.0 Å². The highest BCUT2D eigenvalue weighted by atomic mass is 16.3. The maximum atomic E-state index is 12.6. The first kappa shape index (κ1) is 64.7. The third-order valence-electron chi connectivity index (χ3n) is 19.9. The fraction of sp³-hybridized carbons (Fsp3) is 0.443. The molecule has 0 spiro atoms. The molecule has 4 aromatic carbocycles. The van der Waals surface area contributed by atoms with Gasteiger partial charge in [-0.1, -0.05) is 135 Å². The van der Waals surface area contributed by atoms with Crippen LogP contribution in [0.15, 0.2) is 134 Å². The second kappa shape index (κ2) is 28.6. The molecule has 14 rings (SSSR count). The van der Waals surface area contributed by atoms with Gasteiger partial charge >= 0.3 is 0 Å². The van der Waals surface area contributed by atoms with Gasteiger partial charge in [-0.15, -0.1) is 0 Å². The van der Waals surface area contributed by atoms with E-state index in [-0.39, 0.29) is 61.4 Å². The summed E-state index contributed by atoms with van der Waals surface area (Å²) in [5.74, 6) is 2.89. The van der Waals surface area contributed by atoms with Crippen molar-refractivity contribution < 1.29 is 30.0 Å². The van der Waals surface area contributed by atoms with Gasteiger partial charge in [0.25, 0.3) is 0 Å². The first-order valence-corrected chi connectivity index (χ1v) is 34.0. The van der Waals surface area contributed by atoms with E-state index < -0.39 is 48.6 Å². The van der Waals surface area contributed by atoms with Crippen molar-refractivity contribution in [2.75, 3.05) is 108 Å². The summed E-state index contributed by atoms with van der Waals surface area (Å²) in [4.78, 5) is 79.7. The molecule has 2 saturated carbocycles. The highest BCUT2D eigenvalue weighted by Gasteiger charge is 2.46. The summed E-state index contributed by atoms with van der Waals surface area (Å²) in [5, 5.41) is 66.2. The topological polar surface area (TPSA) is 326 Å². The number of aliphatic hydroxyl groups excluding tert-OH is 4. The molecule has 0 bridgehead atoms. The van der Waals surface area contributed by atoms with Gasteiger partial charge < -0.3 is 81.1 Å². The third kappa shape index (κ3) is 13.9. The number of nitrogens with one attached hydrogen (secondary N) is 6. The van der Waals surface area contributed by atoms with E-state index >= 15 is 0 Å². The first-order valence-electron chi connectivity index (χ1n) is 34.0. The average Bonchev–Trinajstić information content (AvgIpc) is 1.63. The number of hydrogen-bond acceptors (Lipinski definition) is 23. The van der Waals surface area contributed by atoms with Gasteiger partial charge in [-0.2, -0.15) is 34.9 Å². The Labute approximate surface area is 562 Å². The molecule has 8 heterocycles. The lowest BCUT2D eigenvalue weighted by molar-refractivity contribution is -0.123. The first-order chi connectivity index (χ1) is 47.3. The summed E-state index contributed by atoms with van der Waals surface area (Å²) in [5.41, 5.74) is 6.53. The van der Waals surface area contributed by atoms with Crippen molar-refractivity contribution >= 4 is 75.5 Å². The van der Waals surface area contributed by atoms with E-state index in [4.69, 9.17) is 44.9 Å². The minimum absolute atomic E-state index is 0.0368. The number of benzene rings is 4. The zero-order chi connectivity index (χ0) is 66.7. The summed E-state index contributed by atoms with van der Waals surface area (Å²) in [7, 11) is 2.11. The zero-order valence-corrected chi connectivity index (χ0v) is 54.8. The van der Waals surface area contributed by atoms with Crippen LogP contribution in [0.5, 0.6) is 0 Å². The van der Waals surface area contributed by atoms with Crippen molar-refractivity contribution in [1.82, 2.24) is 69.5 Å². The Hall–Kier alpha value is -9.67. The van der Waals surface area contributed by atoms with E-state index in [9.17, 15) is 30.0 Å². The number of amides is 2. The lowest BCUT2D eigenvalue weighted by Gasteiger charge is -2.32. The molecule has 2 aliphatic carbocycles. The van der Waals surface area contributed by atoms with Crippen LogP contribution in [-0.2, 0) is 9.59 Å². The summed E-state index contributed by atoms with van der Waals surface area (Å²) >= 11 is 0. The monoisotopic (exact) mass is 1320 g/mol. The molecule has 27 nitrogen and oxygen atoms in total. The van der Waals surface area contributed by atoms with Crippen LogP contribution in [-0.4, -0.2) is 212 Å². The number of aromatic nitrogens is 11. The van der Waals surface area contributed by atoms with E-state index in [1.54, 1.807) is 26.5 Å². The lowest BCUT2D eigenvalue weighted by atomic mass is 9.91. The molecule has 5 aromatic heterocycles. The number of fused-ring (bicyclic) bond motifs is 2. The molecule has 0 radical (unpaired) electrons. The van der Waals surface area contributed by atoms with Crippen molar-refractivity contribution in [3.05, 3.63) is 156 Å². The fourth-order valence-corrected chi connectivity index (χ4v) is 14.4. The molecule has 27 heteroatoms. The van der Waals surface area contributed by atoms with Crippen molar-refractivity contribution in [2.45, 2.75) is 125 Å². The van der Waals surface area contributed by atoms with Crippen LogP contribution < -0.4 is 46.6 Å². The normalized spacial score (nSPS) is 23.7. The number of carbonyl (C=O) groups is 2. The average molecular weight is 1320 g/mol. The van der Waals surface area contributed by atoms with Gasteiger partial charge in [0.1, 0.15) is 24.4 Å². The summed E-state index contributed by atoms with van der Waals surface area (Å²) in [6.07, 6.45) is 0.923. The predicted molar refractivity (Wildman–Crippen MR) is 371 cm³/mol. The van der Waals surface area contributed by atoms with Gasteiger partial charge in [-0.3, -0.25) is 9.59 Å². The largest absolute Gasteiger partial charge is 0.388 e. The number of carbonyl (C=O) groups excluding carboxylic acids is 2. The number of piperazine rings is 1. The van der Waals surface area contributed by atoms with Crippen molar-refractivity contribution in [3.8, 4) is 0 Å². The molecular weight excluding hydrogens is 1230 g/mol. The molecule has 2 unspecified atom stereocenters. The zero-order valence-electron chi connectivity index (χ0n) is 54.8. The van der Waals surface area contributed by atoms with Crippen molar-refractivity contribution in [2.24, 2.45) is 0 Å². The summed E-state index contributed by atoms with van der Waals surface area (Å²) < 4.78 is 3.62. The van der Waals surface area contributed by atoms with Gasteiger partial charge in [0, 0.05) is 102 Å². The quantitative estimate of drug-likeness (QED) is 0.0407. The number of imidazole rings is 2. The molecule has 3 aliphatic heterocycles. The Morgan fingerprint density at radius 1 is 0.474 bits per heavy atom. The van der Waals surface area contributed by atoms with Crippen LogP contribution in [0.25, 0.3) is 22.3 Å². The van der Waals surface area contributed by atoms with Crippen LogP contribution in [0.1, 0.15) is 98.5 Å². The summed E-state index contributed by atoms with van der Waals surface area (Å²) in [6.45, 7) is 9.81. The molecule has 9 aromatic rings. The van der Waals surface area contributed by atoms with Gasteiger partial charge in [0.2, 0.25) is 41.6 Å². The second-order valence-electron chi connectivity index (χ2n) is 26.3. The van der Waals surface area contributed by atoms with Crippen LogP contribution in [0.3, 0.4) is 0 Å². The standard InChI is InChI=1S/C70H85N21O6/c1-4-54(92)77-50-34-52(60(96)58(50)94)90-40-73-56-62(71-36-48(42-18-10-6-11-19-42)43-20-12-7-13-21-43)79-68(81-64(56)90)88-28-26-46(38-88)75-66-83-67(85-70(84-66)87-32-30-86(3)31-33-87)76-47-27-29-89(39-47)69-80-63(72-37-49(44-22-14-8-15-23-44)45-24-16-9-17-25-45)57-65(82-69)91(41-74-57)53-35-51(59(95)61(53)97)78-55(93)5-2/h6-25,40-41,46-53,58-61,94-97H,4-5,26-39H2,1-3H3,(H,77,92)(H,78,93)(H,71,79,81)(H,72,80,82)(H2,75,76,83,84,85)/t46?,47?,50-,51-,52+,53+,58+,59+,60-,61-/m0/s1. The van der Waals surface area contributed by atoms with Crippen molar-refractivity contribution in [3.63, 3.8) is 0 Å². The minimum Gasteiger partial charge on any atom is -0.388 e. The minimum atomic E-state index is -1.20. The van der Waals surface area contributed by atoms with Crippen LogP contribution in [0.2, 0.25) is 0 Å². The highest BCUT2D eigenvalue weighted by Crippen LogP contribution is 2.39. The van der Waals surface area contributed by atoms with Crippen molar-refractivity contribution in [1.29, 1.82) is 0 Å². The molecule has 10 N–H and O–H groups in total. The smallest absolute Gasteiger partial charge is 0.232 e. The maximum absolute atomic E-state index is 12.6. The molecule has 5 fully saturated rings. The molecule has 2 amide bonds. The van der Waals surface area contributed by atoms with Gasteiger partial charge in [0.05, 0.1) is 36.8 Å². The lowest BCUT2D eigenvalue weighted by Crippen LogP contribution is -2.45. The molecule has 5 aliphatic rings. The van der Waals surface area contributed by atoms with E-state index in [0.717, 1.165) is 48.4 Å². The van der Waals surface area contributed by atoms with Gasteiger partial charge in [0.15, 0.2) is 34.0 Å². The molecule has 3 saturated heterocycles. The van der Waals surface area contributed by atoms with E-state index in [1.165, 1.54) is 0 Å². The van der Waals surface area contributed by atoms with Crippen LogP contribution in [0, 0.1) is 0 Å². The Balaban J connectivity index is 0.732. The molecule has 10 atom stereocenters. The number of rotatable bonds is 23. The number of aliphatic hydroxyl groups is 4. The molecule has 97 heavy (non-hydrogen) atoms. The second-order valence-corrected chi connectivity index (χ2v) is 26.3. The highest BCUT2D eigenvalue weighted by molar-refractivity contribution is 5.86. The number of anilines is 7. The van der Waals surface area contributed by atoms with Gasteiger partial charge in [-0.25, -0.2) is 9.97 Å². The fourth-order valence-electron chi connectivity index (χ4n) is 14.4. The predicted octanol–water partition coefficient (Wildman–Crippen LogP) is 4.90. The summed E-state index contributed by atoms with van der Waals surface area (Å²) in [6, 6.07) is 38.5. The Morgan fingerprint density at radius 3 is 1.24 bits per heavy atom. The van der Waals surface area contributed by atoms with E-state index in [2.05, 4.69) is 107 Å². The maximum Gasteiger partial charge on any atom is 0.232 e. The Bertz CT molecular complexity index is 3840. The van der Waals surface area contributed by atoms with E-state index in [1.807, 2.05) is 81.9 Å². The van der Waals surface area contributed by atoms with E-state index in [0.29, 0.717) is 116 Å². The number of nitrogens with zero attached hydrogens (tertiary/aromatic N) is 15. The Morgan fingerprint density at radius 2 is 0.856 bits per heavy atom. The number of likely N-dealkylation sites (N-methyl/N-ethyl adjacent to an activating group) is 1. The number of hydrogen-bond donors (Lipinski definition) is 10. The molecule has 506 valence electrons. The SMILES string of the molecule is CCC(=O)N[C@H]1C[C@@H](n2cnc3c(NCC(c4ccccc4)c4ccccc4)nc(N4CCC(Nc5nc(NC6CCN(c7nc(NCC(c8ccccc8)c8ccccc8)c8ncn([C@@H]9C[C@H](NC(=O)CC)[C@@H](O)[C@H]9O)c8n7)C6)nc(N6CCN(C)CC6)n5)C4)nc32)[C@H](O)[C@@H]1O. The van der Waals surface area contributed by atoms with Crippen LogP contribution >= 0.6 is 0 Å². The third-order valence-corrected chi connectivity index (χ3v) is 19.9.